The Kier molecular flexibility index (Phi) is 4.75. The Balaban J connectivity index is 2.03. The topological polar surface area (TPSA) is 24.9 Å². The van der Waals surface area contributed by atoms with Gasteiger partial charge < -0.3 is 5.32 Å². The van der Waals surface area contributed by atoms with Crippen molar-refractivity contribution >= 4 is 27.5 Å². The summed E-state index contributed by atoms with van der Waals surface area (Å²) in [6.45, 7) is 2.86. The van der Waals surface area contributed by atoms with Crippen LogP contribution >= 0.6 is 27.5 Å². The van der Waals surface area contributed by atoms with Crippen LogP contribution in [0, 0.1) is 0 Å². The number of benzene rings is 1. The first kappa shape index (κ1) is 13.5. The van der Waals surface area contributed by atoms with Crippen molar-refractivity contribution in [2.24, 2.45) is 0 Å². The second-order valence-corrected chi connectivity index (χ2v) is 5.35. The highest BCUT2D eigenvalue weighted by atomic mass is 79.9. The highest BCUT2D eigenvalue weighted by Gasteiger charge is 2.08. The van der Waals surface area contributed by atoms with Gasteiger partial charge in [0.1, 0.15) is 0 Å². The van der Waals surface area contributed by atoms with Crippen molar-refractivity contribution in [1.82, 2.24) is 10.3 Å². The van der Waals surface area contributed by atoms with Crippen LogP contribution in [0.15, 0.2) is 47.2 Å². The molecule has 1 heterocycles. The molecule has 0 aliphatic carbocycles. The molecule has 1 N–H and O–H groups in total. The predicted molar refractivity (Wildman–Crippen MR) is 78.6 cm³/mol. The molecule has 1 aromatic heterocycles. The zero-order valence-corrected chi connectivity index (χ0v) is 12.4. The minimum absolute atomic E-state index is 0.254. The molecule has 18 heavy (non-hydrogen) atoms. The second kappa shape index (κ2) is 6.32. The van der Waals surface area contributed by atoms with Crippen molar-refractivity contribution in [3.05, 3.63) is 63.3 Å². The van der Waals surface area contributed by atoms with Crippen LogP contribution < -0.4 is 5.32 Å². The standard InChI is InChI=1S/C14H14BrClN2/c1-10(12-4-2-3-5-13(12)15)18-8-11-6-7-17-9-14(11)16/h2-7,9-10,18H,8H2,1H3/t10-/m0/s1. The molecule has 0 fully saturated rings. The molecule has 1 atom stereocenters. The summed E-state index contributed by atoms with van der Waals surface area (Å²) in [5, 5.41) is 4.15. The maximum absolute atomic E-state index is 6.07. The van der Waals surface area contributed by atoms with Gasteiger partial charge in [0, 0.05) is 29.5 Å². The summed E-state index contributed by atoms with van der Waals surface area (Å²) in [7, 11) is 0. The first-order chi connectivity index (χ1) is 8.68. The van der Waals surface area contributed by atoms with Crippen LogP contribution in [0.5, 0.6) is 0 Å². The summed E-state index contributed by atoms with van der Waals surface area (Å²) in [4.78, 5) is 3.98. The van der Waals surface area contributed by atoms with E-state index < -0.39 is 0 Å². The largest absolute Gasteiger partial charge is 0.306 e. The Labute approximate surface area is 121 Å². The maximum atomic E-state index is 6.07. The van der Waals surface area contributed by atoms with Crippen molar-refractivity contribution in [3.63, 3.8) is 0 Å². The number of nitrogens with zero attached hydrogens (tertiary/aromatic N) is 1. The summed E-state index contributed by atoms with van der Waals surface area (Å²) < 4.78 is 1.12. The average Bonchev–Trinajstić information content (AvgIpc) is 2.38. The van der Waals surface area contributed by atoms with E-state index in [-0.39, 0.29) is 6.04 Å². The molecule has 2 rings (SSSR count). The van der Waals surface area contributed by atoms with Crippen LogP contribution in [-0.2, 0) is 6.54 Å². The van der Waals surface area contributed by atoms with Crippen LogP contribution in [0.25, 0.3) is 0 Å². The van der Waals surface area contributed by atoms with Crippen molar-refractivity contribution in [2.75, 3.05) is 0 Å². The predicted octanol–water partition coefficient (Wildman–Crippen LogP) is 4.35. The molecule has 4 heteroatoms. The number of hydrogen-bond donors (Lipinski definition) is 1. The fourth-order valence-electron chi connectivity index (χ4n) is 1.75. The molecule has 0 bridgehead atoms. The van der Waals surface area contributed by atoms with Crippen LogP contribution in [0.2, 0.25) is 5.02 Å². The molecule has 94 valence electrons. The lowest BCUT2D eigenvalue weighted by atomic mass is 10.1. The van der Waals surface area contributed by atoms with E-state index in [1.165, 1.54) is 5.56 Å². The third-order valence-corrected chi connectivity index (χ3v) is 3.89. The molecular formula is C14H14BrClN2. The zero-order chi connectivity index (χ0) is 13.0. The smallest absolute Gasteiger partial charge is 0.0634 e. The maximum Gasteiger partial charge on any atom is 0.0634 e. The minimum Gasteiger partial charge on any atom is -0.306 e. The zero-order valence-electron chi connectivity index (χ0n) is 10.0. The van der Waals surface area contributed by atoms with Gasteiger partial charge in [-0.25, -0.2) is 0 Å². The summed E-state index contributed by atoms with van der Waals surface area (Å²) >= 11 is 9.63. The summed E-state index contributed by atoms with van der Waals surface area (Å²) in [5.74, 6) is 0. The van der Waals surface area contributed by atoms with E-state index in [4.69, 9.17) is 11.6 Å². The molecule has 0 saturated heterocycles. The first-order valence-electron chi connectivity index (χ1n) is 5.74. The van der Waals surface area contributed by atoms with Gasteiger partial charge in [-0.2, -0.15) is 0 Å². The minimum atomic E-state index is 0.254. The van der Waals surface area contributed by atoms with Crippen molar-refractivity contribution in [1.29, 1.82) is 0 Å². The van der Waals surface area contributed by atoms with Crippen molar-refractivity contribution < 1.29 is 0 Å². The normalized spacial score (nSPS) is 12.4. The van der Waals surface area contributed by atoms with E-state index in [0.717, 1.165) is 16.6 Å². The molecule has 0 saturated carbocycles. The Morgan fingerprint density at radius 3 is 2.83 bits per heavy atom. The van der Waals surface area contributed by atoms with Crippen LogP contribution in [-0.4, -0.2) is 4.98 Å². The lowest BCUT2D eigenvalue weighted by Gasteiger charge is -2.16. The fourth-order valence-corrected chi connectivity index (χ4v) is 2.56. The number of pyridine rings is 1. The van der Waals surface area contributed by atoms with Gasteiger partial charge in [0.2, 0.25) is 0 Å². The monoisotopic (exact) mass is 324 g/mol. The second-order valence-electron chi connectivity index (χ2n) is 4.09. The number of hydrogen-bond acceptors (Lipinski definition) is 2. The highest BCUT2D eigenvalue weighted by Crippen LogP contribution is 2.23. The van der Waals surface area contributed by atoms with Crippen LogP contribution in [0.3, 0.4) is 0 Å². The van der Waals surface area contributed by atoms with Gasteiger partial charge in [0.25, 0.3) is 0 Å². The average molecular weight is 326 g/mol. The lowest BCUT2D eigenvalue weighted by molar-refractivity contribution is 0.572. The number of nitrogens with one attached hydrogen (secondary N) is 1. The molecule has 2 aromatic rings. The molecule has 0 unspecified atom stereocenters. The highest BCUT2D eigenvalue weighted by molar-refractivity contribution is 9.10. The molecular weight excluding hydrogens is 312 g/mol. The SMILES string of the molecule is C[C@H](NCc1ccncc1Cl)c1ccccc1Br. The molecule has 1 aromatic carbocycles. The third-order valence-electron chi connectivity index (χ3n) is 2.83. The molecule has 0 amide bonds. The molecule has 2 nitrogen and oxygen atoms in total. The van der Waals surface area contributed by atoms with Gasteiger partial charge in [0.15, 0.2) is 0 Å². The van der Waals surface area contributed by atoms with Crippen LogP contribution in [0.1, 0.15) is 24.1 Å². The summed E-state index contributed by atoms with van der Waals surface area (Å²) in [6, 6.07) is 10.4. The Morgan fingerprint density at radius 1 is 1.33 bits per heavy atom. The molecule has 0 aliphatic rings. The van der Waals surface area contributed by atoms with Crippen LogP contribution in [0.4, 0.5) is 0 Å². The number of aromatic nitrogens is 1. The molecule has 0 spiro atoms. The Bertz CT molecular complexity index is 531. The fraction of sp³-hybridized carbons (Fsp3) is 0.214. The van der Waals surface area contributed by atoms with Crippen molar-refractivity contribution in [3.8, 4) is 0 Å². The van der Waals surface area contributed by atoms with E-state index in [9.17, 15) is 0 Å². The van der Waals surface area contributed by atoms with Gasteiger partial charge >= 0.3 is 0 Å². The van der Waals surface area contributed by atoms with Gasteiger partial charge in [0.05, 0.1) is 5.02 Å². The van der Waals surface area contributed by atoms with E-state index >= 15 is 0 Å². The Morgan fingerprint density at radius 2 is 2.11 bits per heavy atom. The van der Waals surface area contributed by atoms with Crippen molar-refractivity contribution in [2.45, 2.75) is 19.5 Å². The summed E-state index contributed by atoms with van der Waals surface area (Å²) in [5.41, 5.74) is 2.30. The third kappa shape index (κ3) is 3.31. The van der Waals surface area contributed by atoms with Gasteiger partial charge in [-0.05, 0) is 30.2 Å². The molecule has 0 aliphatic heterocycles. The quantitative estimate of drug-likeness (QED) is 0.904. The number of rotatable bonds is 4. The molecule has 0 radical (unpaired) electrons. The van der Waals surface area contributed by atoms with E-state index in [1.807, 2.05) is 24.3 Å². The van der Waals surface area contributed by atoms with Gasteiger partial charge in [-0.3, -0.25) is 4.98 Å². The van der Waals surface area contributed by atoms with Gasteiger partial charge in [-0.1, -0.05) is 45.7 Å². The van der Waals surface area contributed by atoms with E-state index in [0.29, 0.717) is 5.02 Å². The van der Waals surface area contributed by atoms with Gasteiger partial charge in [-0.15, -0.1) is 0 Å². The Hall–Kier alpha value is -0.900. The van der Waals surface area contributed by atoms with E-state index in [2.05, 4.69) is 39.2 Å². The summed E-state index contributed by atoms with van der Waals surface area (Å²) in [6.07, 6.45) is 3.42. The van der Waals surface area contributed by atoms with E-state index in [1.54, 1.807) is 12.4 Å². The lowest BCUT2D eigenvalue weighted by Crippen LogP contribution is -2.18. The number of halogens is 2. The first-order valence-corrected chi connectivity index (χ1v) is 6.92.